The number of nitriles is 6. The Morgan fingerprint density at radius 2 is 0.593 bits per heavy atom. The molecule has 0 aliphatic heterocycles. The molecule has 0 atom stereocenters. The molecule has 9 rings (SSSR count). The van der Waals surface area contributed by atoms with Crippen LogP contribution in [0, 0.1) is 68.0 Å². The van der Waals surface area contributed by atoms with Gasteiger partial charge in [0.2, 0.25) is 11.6 Å². The lowest BCUT2D eigenvalue weighted by atomic mass is 10.1. The molecular weight excluding hydrogens is 1140 g/mol. The van der Waals surface area contributed by atoms with Gasteiger partial charge in [0.05, 0.1) is 86.7 Å². The summed E-state index contributed by atoms with van der Waals surface area (Å²) in [5.74, 6) is -1.06. The lowest BCUT2D eigenvalue weighted by Gasteiger charge is -2.27. The van der Waals surface area contributed by atoms with Crippen molar-refractivity contribution in [2.24, 2.45) is 0 Å². The van der Waals surface area contributed by atoms with Gasteiger partial charge in [-0.1, -0.05) is 60.7 Å². The maximum Gasteiger partial charge on any atom is 0.416 e. The molecule has 9 aromatic carbocycles. The molecule has 0 aliphatic rings. The Bertz CT molecular complexity index is 3580. The van der Waals surface area contributed by atoms with Crippen LogP contribution in [0.5, 0.6) is 5.75 Å². The van der Waals surface area contributed by atoms with Crippen LogP contribution >= 0.6 is 14.5 Å². The minimum absolute atomic E-state index is 0.00649. The standard InChI is InChI=1S/2C29H19N3OP.C8H3BF6O3/c2*30-18-22-6-12-26(13-7-22)34(27-14-8-23(19-31)9-15-27,28-16-10-24(20-32)11-17-28)21-29(33)25-4-2-1-3-5-25;10-7(11,12)4-1-5(8(13,14)15)3-6(2-4)18-9(16)17/h2*1-17H,21H2;1-3H/q2*+1;-2. The Balaban J connectivity index is 0.000000194. The summed E-state index contributed by atoms with van der Waals surface area (Å²) >= 11 is 0. The highest BCUT2D eigenvalue weighted by molar-refractivity contribution is 7.96. The van der Waals surface area contributed by atoms with E-state index in [9.17, 15) is 77.6 Å². The Labute approximate surface area is 492 Å². The van der Waals surface area contributed by atoms with Gasteiger partial charge in [0.15, 0.2) is 0 Å². The highest BCUT2D eigenvalue weighted by Gasteiger charge is 2.49. The second-order valence-corrected chi connectivity index (χ2v) is 25.6. The first-order valence-corrected chi connectivity index (χ1v) is 29.4. The summed E-state index contributed by atoms with van der Waals surface area (Å²) in [6.45, 7) is 0. The van der Waals surface area contributed by atoms with E-state index < -0.39 is 51.1 Å². The van der Waals surface area contributed by atoms with Gasteiger partial charge in [-0.2, -0.15) is 57.9 Å². The van der Waals surface area contributed by atoms with Crippen LogP contribution in [-0.4, -0.2) is 31.2 Å². The van der Waals surface area contributed by atoms with Gasteiger partial charge in [0, 0.05) is 11.1 Å². The van der Waals surface area contributed by atoms with E-state index in [0.29, 0.717) is 44.5 Å². The van der Waals surface area contributed by atoms with Crippen LogP contribution in [0.15, 0.2) is 224 Å². The number of nitrogens with zero attached hydrogens (tertiary/aromatic N) is 6. The first kappa shape index (κ1) is 63.1. The molecule has 420 valence electrons. The first-order chi connectivity index (χ1) is 41.2. The van der Waals surface area contributed by atoms with Crippen molar-refractivity contribution in [3.63, 3.8) is 0 Å². The number of Topliss-reactive ketones (excluding diaryl/α,β-unsaturated/α-hetero) is 2. The molecule has 11 nitrogen and oxygen atoms in total. The molecule has 0 aromatic heterocycles. The van der Waals surface area contributed by atoms with Gasteiger partial charge in [-0.3, -0.25) is 9.59 Å². The average Bonchev–Trinajstić information content (AvgIpc) is 0.972. The third kappa shape index (κ3) is 15.2. The fraction of sp³-hybridized carbons (Fsp3) is 0.0606. The predicted octanol–water partition coefficient (Wildman–Crippen LogP) is 9.77. The summed E-state index contributed by atoms with van der Waals surface area (Å²) in [7, 11) is -8.11. The van der Waals surface area contributed by atoms with Gasteiger partial charge in [0.1, 0.15) is 66.0 Å². The average molecular weight is 1180 g/mol. The largest absolute Gasteiger partial charge is 0.860 e. The zero-order valence-corrected chi connectivity index (χ0v) is 46.5. The van der Waals surface area contributed by atoms with Crippen molar-refractivity contribution in [1.29, 1.82) is 31.6 Å². The molecule has 0 radical (unpaired) electrons. The molecule has 0 unspecified atom stereocenters. The van der Waals surface area contributed by atoms with Crippen molar-refractivity contribution in [3.05, 3.63) is 280 Å². The fourth-order valence-electron chi connectivity index (χ4n) is 9.15. The second kappa shape index (κ2) is 28.2. The molecule has 0 bridgehead atoms. The number of hydrogen-bond donors (Lipinski definition) is 0. The van der Waals surface area contributed by atoms with Gasteiger partial charge >= 0.3 is 12.4 Å². The quantitative estimate of drug-likeness (QED) is 0.0430. The van der Waals surface area contributed by atoms with Gasteiger partial charge in [-0.15, -0.1) is 0 Å². The Morgan fingerprint density at radius 1 is 0.372 bits per heavy atom. The van der Waals surface area contributed by atoms with Crippen molar-refractivity contribution in [2.45, 2.75) is 12.4 Å². The van der Waals surface area contributed by atoms with E-state index in [0.717, 1.165) is 31.8 Å². The van der Waals surface area contributed by atoms with Gasteiger partial charge < -0.3 is 14.7 Å². The maximum absolute atomic E-state index is 13.6. The molecular formula is C66H41BF6N6O5P2. The van der Waals surface area contributed by atoms with Gasteiger partial charge in [-0.25, -0.2) is 0 Å². The van der Waals surface area contributed by atoms with Crippen LogP contribution < -0.4 is 46.5 Å². The number of carbonyl (C=O) groups is 2. The van der Waals surface area contributed by atoms with E-state index in [1.54, 1.807) is 72.8 Å². The highest BCUT2D eigenvalue weighted by Crippen LogP contribution is 2.57. The number of alkyl halides is 6. The number of rotatable bonds is 14. The van der Waals surface area contributed by atoms with E-state index in [4.69, 9.17) is 0 Å². The second-order valence-electron chi connectivity index (χ2n) is 18.6. The topological polar surface area (TPSA) is 232 Å². The molecule has 86 heavy (non-hydrogen) atoms. The normalized spacial score (nSPS) is 10.9. The lowest BCUT2D eigenvalue weighted by molar-refractivity contribution is -0.372. The Kier molecular flexibility index (Phi) is 20.7. The fourth-order valence-corrected chi connectivity index (χ4v) is 17.2. The van der Waals surface area contributed by atoms with Crippen LogP contribution in [0.25, 0.3) is 0 Å². The van der Waals surface area contributed by atoms with Gasteiger partial charge in [-0.05, 0) is 164 Å². The predicted molar refractivity (Wildman–Crippen MR) is 313 cm³/mol. The smallest absolute Gasteiger partial charge is 0.416 e. The molecule has 0 amide bonds. The summed E-state index contributed by atoms with van der Waals surface area (Å²) in [6.07, 6.45) is -9.64. The summed E-state index contributed by atoms with van der Waals surface area (Å²) in [5.41, 5.74) is 1.16. The van der Waals surface area contributed by atoms with Crippen LogP contribution in [0.4, 0.5) is 26.3 Å². The van der Waals surface area contributed by atoms with E-state index >= 15 is 0 Å². The van der Waals surface area contributed by atoms with Crippen LogP contribution in [-0.2, 0) is 12.4 Å². The van der Waals surface area contributed by atoms with Crippen molar-refractivity contribution in [2.75, 3.05) is 12.3 Å². The molecule has 0 fully saturated rings. The zero-order chi connectivity index (χ0) is 62.1. The molecule has 0 heterocycles. The summed E-state index contributed by atoms with van der Waals surface area (Å²) < 4.78 is 77.5. The van der Waals surface area contributed by atoms with Crippen molar-refractivity contribution in [1.82, 2.24) is 0 Å². The molecule has 0 aliphatic carbocycles. The number of hydrogen-bond acceptors (Lipinski definition) is 11. The van der Waals surface area contributed by atoms with Crippen molar-refractivity contribution >= 4 is 65.2 Å². The lowest BCUT2D eigenvalue weighted by Crippen LogP contribution is -2.50. The number of ketones is 2. The number of carbonyl (C=O) groups excluding carboxylic acids is 2. The zero-order valence-electron chi connectivity index (χ0n) is 44.7. The molecule has 0 N–H and O–H groups in total. The summed E-state index contributed by atoms with van der Waals surface area (Å²) in [5, 5.41) is 81.8. The Morgan fingerprint density at radius 3 is 0.779 bits per heavy atom. The van der Waals surface area contributed by atoms with Gasteiger partial charge in [0.25, 0.3) is 0 Å². The number of benzene rings is 9. The molecule has 0 spiro atoms. The summed E-state index contributed by atoms with van der Waals surface area (Å²) in [4.78, 5) is 27.2. The van der Waals surface area contributed by atoms with Crippen LogP contribution in [0.1, 0.15) is 65.2 Å². The molecule has 20 heteroatoms. The van der Waals surface area contributed by atoms with E-state index in [-0.39, 0.29) is 42.1 Å². The van der Waals surface area contributed by atoms with Crippen LogP contribution in [0.3, 0.4) is 0 Å². The van der Waals surface area contributed by atoms with Crippen molar-refractivity contribution < 1.29 is 50.6 Å². The minimum atomic E-state index is -5.05. The maximum atomic E-state index is 13.6. The van der Waals surface area contributed by atoms with Crippen LogP contribution in [0.2, 0.25) is 0 Å². The summed E-state index contributed by atoms with van der Waals surface area (Å²) in [6, 6.07) is 75.7. The monoisotopic (exact) mass is 1180 g/mol. The first-order valence-electron chi connectivity index (χ1n) is 25.5. The van der Waals surface area contributed by atoms with E-state index in [2.05, 4.69) is 41.1 Å². The Hall–Kier alpha value is -10.5. The third-order valence-corrected chi connectivity index (χ3v) is 22.0. The number of halogens is 6. The molecule has 0 saturated heterocycles. The van der Waals surface area contributed by atoms with E-state index in [1.165, 1.54) is 0 Å². The third-order valence-electron chi connectivity index (χ3n) is 13.4. The molecule has 0 saturated carbocycles. The minimum Gasteiger partial charge on any atom is -0.860 e. The van der Waals surface area contributed by atoms with E-state index in [1.807, 2.05) is 133 Å². The molecule has 9 aromatic rings. The highest BCUT2D eigenvalue weighted by atomic mass is 31.2. The van der Waals surface area contributed by atoms with Crippen molar-refractivity contribution in [3.8, 4) is 42.2 Å². The SMILES string of the molecule is N#Cc1ccc([P+](CC(=O)c2ccccc2)(c2ccc(C#N)cc2)c2ccc(C#N)cc2)cc1.N#Cc1ccc([P+](CC(=O)c2ccccc2)(c2ccc(C#N)cc2)c2ccc(C#N)cc2)cc1.[O-]B([O-])Oc1cc(C(F)(F)F)cc(C(F)(F)F)c1.